The second-order valence-corrected chi connectivity index (χ2v) is 14.2. The summed E-state index contributed by atoms with van der Waals surface area (Å²) in [6, 6.07) is 74.0. The highest BCUT2D eigenvalue weighted by atomic mass is 16.3. The molecule has 0 saturated heterocycles. The van der Waals surface area contributed by atoms with E-state index in [0.717, 1.165) is 61.3 Å². The Morgan fingerprint density at radius 2 is 0.945 bits per heavy atom. The molecule has 3 heteroatoms. The number of rotatable bonds is 6. The maximum absolute atomic E-state index is 6.43. The highest BCUT2D eigenvalue weighted by molar-refractivity contribution is 6.14. The topological polar surface area (TPSA) is 21.3 Å². The molecule has 3 nitrogen and oxygen atoms in total. The van der Waals surface area contributed by atoms with Gasteiger partial charge in [-0.3, -0.25) is 0 Å². The van der Waals surface area contributed by atoms with Crippen LogP contribution < -0.4 is 4.90 Å². The van der Waals surface area contributed by atoms with Gasteiger partial charge in [-0.05, 0) is 94.2 Å². The van der Waals surface area contributed by atoms with E-state index in [1.165, 1.54) is 38.2 Å². The number of benzene rings is 9. The predicted molar refractivity (Wildman–Crippen MR) is 231 cm³/mol. The maximum atomic E-state index is 6.43. The van der Waals surface area contributed by atoms with Crippen LogP contribution in [0.15, 0.2) is 211 Å². The molecule has 258 valence electrons. The number of para-hydroxylation sites is 3. The molecule has 0 fully saturated rings. The normalized spacial score (nSPS) is 11.6. The number of hydrogen-bond donors (Lipinski definition) is 0. The van der Waals surface area contributed by atoms with Gasteiger partial charge in [-0.2, -0.15) is 0 Å². The van der Waals surface area contributed by atoms with Crippen molar-refractivity contribution < 1.29 is 4.42 Å². The maximum Gasteiger partial charge on any atom is 0.143 e. The van der Waals surface area contributed by atoms with Gasteiger partial charge in [-0.1, -0.05) is 140 Å². The first-order valence-electron chi connectivity index (χ1n) is 18.8. The van der Waals surface area contributed by atoms with Gasteiger partial charge in [0.1, 0.15) is 11.2 Å². The van der Waals surface area contributed by atoms with Crippen molar-refractivity contribution >= 4 is 71.6 Å². The van der Waals surface area contributed by atoms with Crippen molar-refractivity contribution in [2.75, 3.05) is 4.90 Å². The van der Waals surface area contributed by atoms with Gasteiger partial charge in [-0.25, -0.2) is 0 Å². The van der Waals surface area contributed by atoms with Crippen molar-refractivity contribution in [3.8, 4) is 27.9 Å². The molecule has 11 aromatic rings. The molecule has 0 atom stereocenters. The number of furan rings is 1. The summed E-state index contributed by atoms with van der Waals surface area (Å²) >= 11 is 0. The summed E-state index contributed by atoms with van der Waals surface area (Å²) in [7, 11) is 0. The smallest absolute Gasteiger partial charge is 0.143 e. The molecule has 0 bridgehead atoms. The van der Waals surface area contributed by atoms with Crippen LogP contribution in [0.5, 0.6) is 0 Å². The third-order valence-electron chi connectivity index (χ3n) is 11.0. The third-order valence-corrected chi connectivity index (χ3v) is 11.0. The highest BCUT2D eigenvalue weighted by Crippen LogP contribution is 2.42. The Bertz CT molecular complexity index is 3180. The standard InChI is InChI=1S/C52H34N2O/c1-3-12-35(13-4-1)36-22-26-41(27-23-36)53(42-28-24-37(25-29-42)44-19-11-20-47-46-18-9-10-21-51(46)55-52(44)47)43-30-31-45-48-32-38-14-7-8-15-39(38)33-49(48)54(50(45)34-43)40-16-5-2-6-17-40/h1-34H. The molecule has 55 heavy (non-hydrogen) atoms. The molecule has 0 unspecified atom stereocenters. The summed E-state index contributed by atoms with van der Waals surface area (Å²) in [6.07, 6.45) is 0. The van der Waals surface area contributed by atoms with E-state index in [-0.39, 0.29) is 0 Å². The molecular formula is C52H34N2O. The number of anilines is 3. The summed E-state index contributed by atoms with van der Waals surface area (Å²) in [4.78, 5) is 2.36. The first-order chi connectivity index (χ1) is 27.3. The van der Waals surface area contributed by atoms with Crippen LogP contribution in [0.4, 0.5) is 17.1 Å². The number of nitrogens with zero attached hydrogens (tertiary/aromatic N) is 2. The minimum absolute atomic E-state index is 0.906. The van der Waals surface area contributed by atoms with Crippen LogP contribution in [0, 0.1) is 0 Å². The monoisotopic (exact) mass is 702 g/mol. The Balaban J connectivity index is 1.09. The molecule has 2 aromatic heterocycles. The molecule has 0 N–H and O–H groups in total. The van der Waals surface area contributed by atoms with E-state index in [1.54, 1.807) is 0 Å². The Morgan fingerprint density at radius 1 is 0.364 bits per heavy atom. The van der Waals surface area contributed by atoms with Crippen molar-refractivity contribution in [3.05, 3.63) is 206 Å². The van der Waals surface area contributed by atoms with Crippen LogP contribution in [0.1, 0.15) is 0 Å². The molecule has 0 saturated carbocycles. The average molecular weight is 703 g/mol. The third kappa shape index (κ3) is 5.20. The fraction of sp³-hybridized carbons (Fsp3) is 0. The van der Waals surface area contributed by atoms with Crippen molar-refractivity contribution in [1.29, 1.82) is 0 Å². The molecule has 9 aromatic carbocycles. The lowest BCUT2D eigenvalue weighted by Gasteiger charge is -2.26. The molecule has 0 radical (unpaired) electrons. The van der Waals surface area contributed by atoms with Crippen LogP contribution in [0.2, 0.25) is 0 Å². The van der Waals surface area contributed by atoms with Crippen LogP contribution in [-0.2, 0) is 0 Å². The van der Waals surface area contributed by atoms with Gasteiger partial charge in [0.2, 0.25) is 0 Å². The van der Waals surface area contributed by atoms with Gasteiger partial charge in [0.05, 0.1) is 11.0 Å². The van der Waals surface area contributed by atoms with E-state index >= 15 is 0 Å². The number of fused-ring (bicyclic) bond motifs is 7. The summed E-state index contributed by atoms with van der Waals surface area (Å²) in [6.45, 7) is 0. The first kappa shape index (κ1) is 31.2. The summed E-state index contributed by atoms with van der Waals surface area (Å²) in [5.41, 5.74) is 13.1. The lowest BCUT2D eigenvalue weighted by atomic mass is 10.0. The quantitative estimate of drug-likeness (QED) is 0.172. The molecule has 0 aliphatic heterocycles. The van der Waals surface area contributed by atoms with Crippen molar-refractivity contribution in [1.82, 2.24) is 4.57 Å². The second kappa shape index (κ2) is 12.6. The van der Waals surface area contributed by atoms with E-state index in [4.69, 9.17) is 4.42 Å². The SMILES string of the molecule is c1ccc(-c2ccc(N(c3ccc(-c4cccc5c4oc4ccccc45)cc3)c3ccc4c5cc6ccccc6cc5n(-c5ccccc5)c4c3)cc2)cc1. The highest BCUT2D eigenvalue weighted by Gasteiger charge is 2.19. The lowest BCUT2D eigenvalue weighted by molar-refractivity contribution is 0.670. The molecule has 0 aliphatic rings. The van der Waals surface area contributed by atoms with E-state index in [1.807, 2.05) is 12.1 Å². The Kier molecular flexibility index (Phi) is 7.17. The zero-order chi connectivity index (χ0) is 36.3. The van der Waals surface area contributed by atoms with Gasteiger partial charge in [0.25, 0.3) is 0 Å². The first-order valence-corrected chi connectivity index (χ1v) is 18.8. The molecule has 0 amide bonds. The van der Waals surface area contributed by atoms with Crippen LogP contribution >= 0.6 is 0 Å². The van der Waals surface area contributed by atoms with Gasteiger partial charge in [0, 0.05) is 49.9 Å². The van der Waals surface area contributed by atoms with Crippen LogP contribution in [0.3, 0.4) is 0 Å². The van der Waals surface area contributed by atoms with Gasteiger partial charge >= 0.3 is 0 Å². The minimum atomic E-state index is 0.906. The van der Waals surface area contributed by atoms with Crippen molar-refractivity contribution in [3.63, 3.8) is 0 Å². The fourth-order valence-electron chi connectivity index (χ4n) is 8.33. The lowest BCUT2D eigenvalue weighted by Crippen LogP contribution is -2.10. The molecule has 0 aliphatic carbocycles. The molecule has 0 spiro atoms. The van der Waals surface area contributed by atoms with Crippen LogP contribution in [-0.4, -0.2) is 4.57 Å². The Hall–Kier alpha value is -7.36. The van der Waals surface area contributed by atoms with Gasteiger partial charge in [-0.15, -0.1) is 0 Å². The number of hydrogen-bond acceptors (Lipinski definition) is 2. The Labute approximate surface area is 318 Å². The summed E-state index contributed by atoms with van der Waals surface area (Å²) in [5, 5.41) is 7.21. The largest absolute Gasteiger partial charge is 0.455 e. The molecule has 11 rings (SSSR count). The van der Waals surface area contributed by atoms with E-state index in [9.17, 15) is 0 Å². The zero-order valence-electron chi connectivity index (χ0n) is 29.9. The summed E-state index contributed by atoms with van der Waals surface area (Å²) in [5.74, 6) is 0. The average Bonchev–Trinajstić information content (AvgIpc) is 3.79. The minimum Gasteiger partial charge on any atom is -0.455 e. The van der Waals surface area contributed by atoms with Crippen LogP contribution in [0.25, 0.3) is 82.5 Å². The summed E-state index contributed by atoms with van der Waals surface area (Å²) < 4.78 is 8.84. The predicted octanol–water partition coefficient (Wildman–Crippen LogP) is 14.6. The van der Waals surface area contributed by atoms with Gasteiger partial charge in [0.15, 0.2) is 0 Å². The van der Waals surface area contributed by atoms with E-state index in [2.05, 4.69) is 204 Å². The Morgan fingerprint density at radius 3 is 1.71 bits per heavy atom. The van der Waals surface area contributed by atoms with E-state index < -0.39 is 0 Å². The molecule has 2 heterocycles. The zero-order valence-corrected chi connectivity index (χ0v) is 29.9. The van der Waals surface area contributed by atoms with Crippen molar-refractivity contribution in [2.45, 2.75) is 0 Å². The van der Waals surface area contributed by atoms with Gasteiger partial charge < -0.3 is 13.9 Å². The molecular weight excluding hydrogens is 669 g/mol. The number of aromatic nitrogens is 1. The van der Waals surface area contributed by atoms with E-state index in [0.29, 0.717) is 0 Å². The second-order valence-electron chi connectivity index (χ2n) is 14.2. The fourth-order valence-corrected chi connectivity index (χ4v) is 8.33. The van der Waals surface area contributed by atoms with Crippen molar-refractivity contribution in [2.24, 2.45) is 0 Å².